The van der Waals surface area contributed by atoms with E-state index in [2.05, 4.69) is 10.3 Å². The number of ether oxygens (including phenoxy) is 2. The largest absolute Gasteiger partial charge is 0.491 e. The maximum atomic E-state index is 11.7. The minimum absolute atomic E-state index is 0.0737. The van der Waals surface area contributed by atoms with Crippen LogP contribution in [0.2, 0.25) is 0 Å². The number of carbonyl (C=O) groups is 1. The highest BCUT2D eigenvalue weighted by atomic mass is 16.5. The molecule has 0 radical (unpaired) electrons. The molecule has 8 nitrogen and oxygen atoms in total. The highest BCUT2D eigenvalue weighted by molar-refractivity contribution is 6.05. The Kier molecular flexibility index (Phi) is 8.46. The second-order valence-electron chi connectivity index (χ2n) is 8.39. The van der Waals surface area contributed by atoms with Crippen LogP contribution in [0.3, 0.4) is 0 Å². The summed E-state index contributed by atoms with van der Waals surface area (Å²) < 4.78 is 11.6. The smallest absolute Gasteiger partial charge is 0.250 e. The fourth-order valence-electron chi connectivity index (χ4n) is 3.82. The molecular weight excluding hydrogens is 458 g/mol. The molecule has 0 aliphatic carbocycles. The number of fused-ring (bicyclic) bond motifs is 1. The Hall–Kier alpha value is -3.98. The number of carbonyl (C=O) groups excluding carboxylic acids is 1. The van der Waals surface area contributed by atoms with Crippen LogP contribution in [0.4, 0.5) is 0 Å². The fourth-order valence-corrected chi connectivity index (χ4v) is 3.82. The first-order valence-electron chi connectivity index (χ1n) is 11.7. The van der Waals surface area contributed by atoms with E-state index < -0.39 is 12.0 Å². The molecule has 5 N–H and O–H groups in total. The summed E-state index contributed by atoms with van der Waals surface area (Å²) in [6, 6.07) is 23.6. The molecule has 1 aromatic heterocycles. The summed E-state index contributed by atoms with van der Waals surface area (Å²) in [4.78, 5) is 16.0. The number of rotatable bonds is 12. The Morgan fingerprint density at radius 2 is 1.75 bits per heavy atom. The Balaban J connectivity index is 1.32. The monoisotopic (exact) mass is 487 g/mol. The molecule has 4 rings (SSSR count). The standard InChI is InChI=1S/C28H29N3O5/c29-28(34)25-8-4-7-24-26(13-14-30-27(24)25)36-23-11-9-19(10-12-23)15-20(17-32)31-16-21(33)18-35-22-5-2-1-3-6-22/h1-14,20-21,31-33H,15-18H2,(H2,29,34)/t20-,21-/m0/s1. The summed E-state index contributed by atoms with van der Waals surface area (Å²) in [7, 11) is 0. The maximum Gasteiger partial charge on any atom is 0.250 e. The Labute approximate surface area is 209 Å². The predicted octanol–water partition coefficient (Wildman–Crippen LogP) is 3.06. The average molecular weight is 488 g/mol. The normalized spacial score (nSPS) is 12.7. The number of aliphatic hydroxyl groups excluding tert-OH is 2. The first-order valence-corrected chi connectivity index (χ1v) is 11.7. The van der Waals surface area contributed by atoms with E-state index in [0.717, 1.165) is 5.56 Å². The van der Waals surface area contributed by atoms with E-state index in [1.54, 1.807) is 24.4 Å². The molecule has 3 aromatic carbocycles. The Morgan fingerprint density at radius 1 is 0.972 bits per heavy atom. The lowest BCUT2D eigenvalue weighted by Gasteiger charge is -2.19. The van der Waals surface area contributed by atoms with Gasteiger partial charge in [-0.1, -0.05) is 36.4 Å². The number of primary amides is 1. The van der Waals surface area contributed by atoms with Crippen molar-refractivity contribution in [3.8, 4) is 17.2 Å². The SMILES string of the molecule is NC(=O)c1cccc2c(Oc3ccc(C[C@@H](CO)NC[C@H](O)COc4ccccc4)cc3)ccnc12. The van der Waals surface area contributed by atoms with E-state index in [-0.39, 0.29) is 19.3 Å². The molecule has 186 valence electrons. The van der Waals surface area contributed by atoms with Gasteiger partial charge in [-0.3, -0.25) is 9.78 Å². The molecular formula is C28H29N3O5. The van der Waals surface area contributed by atoms with Gasteiger partial charge in [-0.15, -0.1) is 0 Å². The summed E-state index contributed by atoms with van der Waals surface area (Å²) in [6.45, 7) is 0.378. The van der Waals surface area contributed by atoms with Crippen LogP contribution in [0.5, 0.6) is 17.2 Å². The van der Waals surface area contributed by atoms with Crippen molar-refractivity contribution in [2.45, 2.75) is 18.6 Å². The highest BCUT2D eigenvalue weighted by Gasteiger charge is 2.14. The van der Waals surface area contributed by atoms with E-state index in [0.29, 0.717) is 46.7 Å². The number of aromatic nitrogens is 1. The number of amides is 1. The van der Waals surface area contributed by atoms with E-state index in [9.17, 15) is 15.0 Å². The number of aliphatic hydroxyl groups is 2. The van der Waals surface area contributed by atoms with E-state index >= 15 is 0 Å². The van der Waals surface area contributed by atoms with Gasteiger partial charge in [0.15, 0.2) is 0 Å². The molecule has 0 saturated heterocycles. The van der Waals surface area contributed by atoms with E-state index in [1.807, 2.05) is 60.7 Å². The number of nitrogens with zero attached hydrogens (tertiary/aromatic N) is 1. The summed E-state index contributed by atoms with van der Waals surface area (Å²) in [5.41, 5.74) is 7.30. The number of pyridine rings is 1. The lowest BCUT2D eigenvalue weighted by atomic mass is 10.1. The van der Waals surface area contributed by atoms with Gasteiger partial charge in [0.05, 0.1) is 17.7 Å². The van der Waals surface area contributed by atoms with Gasteiger partial charge in [-0.2, -0.15) is 0 Å². The van der Waals surface area contributed by atoms with Crippen molar-refractivity contribution in [2.75, 3.05) is 19.8 Å². The minimum Gasteiger partial charge on any atom is -0.491 e. The summed E-state index contributed by atoms with van der Waals surface area (Å²) in [5, 5.41) is 23.9. The Morgan fingerprint density at radius 3 is 2.47 bits per heavy atom. The van der Waals surface area contributed by atoms with Crippen molar-refractivity contribution in [3.05, 3.63) is 96.2 Å². The summed E-state index contributed by atoms with van der Waals surface area (Å²) >= 11 is 0. The van der Waals surface area contributed by atoms with E-state index in [4.69, 9.17) is 15.2 Å². The van der Waals surface area contributed by atoms with E-state index in [1.165, 1.54) is 0 Å². The van der Waals surface area contributed by atoms with Crippen molar-refractivity contribution in [1.82, 2.24) is 10.3 Å². The molecule has 8 heteroatoms. The van der Waals surface area contributed by atoms with Crippen LogP contribution in [0.15, 0.2) is 85.1 Å². The fraction of sp³-hybridized carbons (Fsp3) is 0.214. The number of para-hydroxylation sites is 2. The van der Waals surface area contributed by atoms with Gasteiger partial charge in [-0.25, -0.2) is 0 Å². The molecule has 0 aliphatic rings. The van der Waals surface area contributed by atoms with Gasteiger partial charge in [0.25, 0.3) is 5.91 Å². The average Bonchev–Trinajstić information content (AvgIpc) is 2.91. The highest BCUT2D eigenvalue weighted by Crippen LogP contribution is 2.30. The number of benzene rings is 3. The van der Waals surface area contributed by atoms with Crippen LogP contribution < -0.4 is 20.5 Å². The molecule has 2 atom stereocenters. The van der Waals surface area contributed by atoms with Crippen LogP contribution in [0.1, 0.15) is 15.9 Å². The predicted molar refractivity (Wildman–Crippen MR) is 137 cm³/mol. The zero-order chi connectivity index (χ0) is 25.3. The van der Waals surface area contributed by atoms with Crippen molar-refractivity contribution in [2.24, 2.45) is 5.73 Å². The first kappa shape index (κ1) is 25.1. The number of nitrogens with one attached hydrogen (secondary N) is 1. The molecule has 1 heterocycles. The van der Waals surface area contributed by atoms with Crippen molar-refractivity contribution < 1.29 is 24.5 Å². The van der Waals surface area contributed by atoms with Crippen molar-refractivity contribution >= 4 is 16.8 Å². The van der Waals surface area contributed by atoms with Crippen LogP contribution in [-0.2, 0) is 6.42 Å². The third-order valence-electron chi connectivity index (χ3n) is 5.68. The number of hydrogen-bond donors (Lipinski definition) is 4. The van der Waals surface area contributed by atoms with Gasteiger partial charge < -0.3 is 30.7 Å². The molecule has 0 bridgehead atoms. The van der Waals surface area contributed by atoms with Crippen LogP contribution in [0, 0.1) is 0 Å². The number of hydrogen-bond acceptors (Lipinski definition) is 7. The molecule has 0 saturated carbocycles. The lowest BCUT2D eigenvalue weighted by Crippen LogP contribution is -2.41. The molecule has 0 spiro atoms. The summed E-state index contributed by atoms with van der Waals surface area (Å²) in [5.74, 6) is 1.35. The lowest BCUT2D eigenvalue weighted by molar-refractivity contribution is 0.0996. The molecule has 0 aliphatic heterocycles. The quantitative estimate of drug-likeness (QED) is 0.242. The zero-order valence-electron chi connectivity index (χ0n) is 19.7. The van der Waals surface area contributed by atoms with Gasteiger partial charge >= 0.3 is 0 Å². The topological polar surface area (TPSA) is 127 Å². The third kappa shape index (κ3) is 6.57. The Bertz CT molecular complexity index is 1280. The molecule has 0 fully saturated rings. The minimum atomic E-state index is -0.708. The summed E-state index contributed by atoms with van der Waals surface area (Å²) in [6.07, 6.45) is 1.44. The van der Waals surface area contributed by atoms with Crippen LogP contribution in [0.25, 0.3) is 10.9 Å². The number of nitrogens with two attached hydrogens (primary N) is 1. The molecule has 36 heavy (non-hydrogen) atoms. The van der Waals surface area contributed by atoms with Crippen molar-refractivity contribution in [1.29, 1.82) is 0 Å². The molecule has 1 amide bonds. The van der Waals surface area contributed by atoms with Crippen molar-refractivity contribution in [3.63, 3.8) is 0 Å². The zero-order valence-corrected chi connectivity index (χ0v) is 19.7. The van der Waals surface area contributed by atoms with Gasteiger partial charge in [-0.05, 0) is 54.4 Å². The second-order valence-corrected chi connectivity index (χ2v) is 8.39. The molecule has 0 unspecified atom stereocenters. The maximum absolute atomic E-state index is 11.7. The first-order chi connectivity index (χ1) is 17.5. The van der Waals surface area contributed by atoms with Gasteiger partial charge in [0, 0.05) is 24.2 Å². The van der Waals surface area contributed by atoms with Gasteiger partial charge in [0.1, 0.15) is 30.0 Å². The second kappa shape index (κ2) is 12.1. The van der Waals surface area contributed by atoms with Gasteiger partial charge in [0.2, 0.25) is 0 Å². The van der Waals surface area contributed by atoms with Crippen LogP contribution in [-0.4, -0.2) is 53.0 Å². The third-order valence-corrected chi connectivity index (χ3v) is 5.68. The molecule has 4 aromatic rings. The van der Waals surface area contributed by atoms with Crippen LogP contribution >= 0.6 is 0 Å².